The fourth-order valence-corrected chi connectivity index (χ4v) is 2.86. The van der Waals surface area contributed by atoms with Crippen molar-refractivity contribution in [1.82, 2.24) is 10.1 Å². The Bertz CT molecular complexity index is 1010. The van der Waals surface area contributed by atoms with Crippen LogP contribution in [0.2, 0.25) is 0 Å². The summed E-state index contributed by atoms with van der Waals surface area (Å²) in [5.41, 5.74) is -1.94. The van der Waals surface area contributed by atoms with Crippen molar-refractivity contribution in [1.29, 1.82) is 0 Å². The van der Waals surface area contributed by atoms with E-state index in [4.69, 9.17) is 9.26 Å². The fourth-order valence-electron chi connectivity index (χ4n) is 2.86. The Kier molecular flexibility index (Phi) is 4.09. The third kappa shape index (κ3) is 3.41. The number of ether oxygens (including phenoxy) is 1. The molecule has 1 aliphatic rings. The van der Waals surface area contributed by atoms with E-state index in [-0.39, 0.29) is 17.8 Å². The molecular formula is C18H10F6N2O2. The summed E-state index contributed by atoms with van der Waals surface area (Å²) in [6.45, 7) is 0.526. The van der Waals surface area contributed by atoms with Gasteiger partial charge < -0.3 is 9.26 Å². The van der Waals surface area contributed by atoms with Crippen LogP contribution >= 0.6 is 0 Å². The molecule has 0 radical (unpaired) electrons. The molecule has 2 heterocycles. The molecule has 0 N–H and O–H groups in total. The normalized spacial score (nSPS) is 14.1. The molecule has 0 aliphatic carbocycles. The second-order valence-corrected chi connectivity index (χ2v) is 6.14. The maximum atomic E-state index is 13.0. The lowest BCUT2D eigenvalue weighted by atomic mass is 10.0. The highest BCUT2D eigenvalue weighted by Crippen LogP contribution is 2.38. The number of benzene rings is 2. The van der Waals surface area contributed by atoms with Crippen molar-refractivity contribution in [2.45, 2.75) is 18.8 Å². The highest BCUT2D eigenvalue weighted by atomic mass is 19.4. The molecule has 0 saturated carbocycles. The van der Waals surface area contributed by atoms with Gasteiger partial charge in [-0.15, -0.1) is 0 Å². The molecule has 0 unspecified atom stereocenters. The Labute approximate surface area is 153 Å². The Balaban J connectivity index is 1.76. The molecule has 4 rings (SSSR count). The number of aromatic nitrogens is 2. The van der Waals surface area contributed by atoms with Crippen molar-refractivity contribution < 1.29 is 35.6 Å². The predicted octanol–water partition coefficient (Wildman–Crippen LogP) is 5.38. The minimum absolute atomic E-state index is 0.0179. The first kappa shape index (κ1) is 18.3. The summed E-state index contributed by atoms with van der Waals surface area (Å²) < 4.78 is 88.5. The number of hydrogen-bond donors (Lipinski definition) is 0. The van der Waals surface area contributed by atoms with Crippen molar-refractivity contribution >= 4 is 0 Å². The molecule has 28 heavy (non-hydrogen) atoms. The van der Waals surface area contributed by atoms with E-state index >= 15 is 0 Å². The molecule has 0 saturated heterocycles. The number of hydrogen-bond acceptors (Lipinski definition) is 4. The highest BCUT2D eigenvalue weighted by Gasteiger charge is 2.37. The molecule has 3 aromatic rings. The predicted molar refractivity (Wildman–Crippen MR) is 84.4 cm³/mol. The maximum absolute atomic E-state index is 13.0. The van der Waals surface area contributed by atoms with Crippen molar-refractivity contribution in [2.24, 2.45) is 0 Å². The standard InChI is InChI=1S/C18H10F6N2O2/c19-17(20,21)12-6-11(7-13(8-12)18(22,23)24)15-25-16(28-26-15)10-1-2-14-9(5-10)3-4-27-14/h1-2,5-8H,3-4H2. The lowest BCUT2D eigenvalue weighted by Gasteiger charge is -2.12. The van der Waals surface area contributed by atoms with Gasteiger partial charge in [0, 0.05) is 17.5 Å². The average molecular weight is 400 g/mol. The SMILES string of the molecule is FC(F)(F)c1cc(-c2noc(-c3ccc4c(c3)CCO4)n2)cc(C(F)(F)F)c1. The first-order valence-electron chi connectivity index (χ1n) is 8.01. The van der Waals surface area contributed by atoms with E-state index in [2.05, 4.69) is 10.1 Å². The summed E-state index contributed by atoms with van der Waals surface area (Å²) in [6, 6.07) is 6.20. The van der Waals surface area contributed by atoms with Gasteiger partial charge in [-0.2, -0.15) is 31.3 Å². The van der Waals surface area contributed by atoms with Crippen LogP contribution in [-0.2, 0) is 18.8 Å². The van der Waals surface area contributed by atoms with Crippen LogP contribution in [0.3, 0.4) is 0 Å². The molecule has 1 aromatic heterocycles. The largest absolute Gasteiger partial charge is 0.493 e. The monoisotopic (exact) mass is 400 g/mol. The van der Waals surface area contributed by atoms with Gasteiger partial charge in [0.1, 0.15) is 5.75 Å². The van der Waals surface area contributed by atoms with Gasteiger partial charge in [-0.05, 0) is 42.0 Å². The zero-order chi connectivity index (χ0) is 20.1. The van der Waals surface area contributed by atoms with Crippen LogP contribution in [-0.4, -0.2) is 16.7 Å². The Morgan fingerprint density at radius 3 is 2.14 bits per heavy atom. The van der Waals surface area contributed by atoms with E-state index in [0.29, 0.717) is 36.5 Å². The van der Waals surface area contributed by atoms with Crippen LogP contribution in [0.25, 0.3) is 22.8 Å². The van der Waals surface area contributed by atoms with Crippen LogP contribution in [0, 0.1) is 0 Å². The third-order valence-electron chi connectivity index (χ3n) is 4.21. The molecule has 0 bridgehead atoms. The Hall–Kier alpha value is -3.04. The Morgan fingerprint density at radius 2 is 1.50 bits per heavy atom. The van der Waals surface area contributed by atoms with E-state index in [0.717, 1.165) is 5.56 Å². The van der Waals surface area contributed by atoms with Crippen molar-refractivity contribution in [2.75, 3.05) is 6.61 Å². The highest BCUT2D eigenvalue weighted by molar-refractivity contribution is 5.63. The van der Waals surface area contributed by atoms with Gasteiger partial charge >= 0.3 is 12.4 Å². The molecule has 2 aromatic carbocycles. The van der Waals surface area contributed by atoms with Crippen LogP contribution in [0.15, 0.2) is 40.9 Å². The summed E-state index contributed by atoms with van der Waals surface area (Å²) in [7, 11) is 0. The van der Waals surface area contributed by atoms with Crippen LogP contribution in [0.5, 0.6) is 5.75 Å². The van der Waals surface area contributed by atoms with Crippen LogP contribution in [0.4, 0.5) is 26.3 Å². The van der Waals surface area contributed by atoms with E-state index in [1.165, 1.54) is 0 Å². The van der Waals surface area contributed by atoms with Crippen molar-refractivity contribution in [3.63, 3.8) is 0 Å². The Morgan fingerprint density at radius 1 is 0.821 bits per heavy atom. The van der Waals surface area contributed by atoms with Gasteiger partial charge in [0.25, 0.3) is 5.89 Å². The molecule has 146 valence electrons. The number of alkyl halides is 6. The van der Waals surface area contributed by atoms with E-state index in [9.17, 15) is 26.3 Å². The van der Waals surface area contributed by atoms with E-state index in [1.54, 1.807) is 18.2 Å². The first-order valence-corrected chi connectivity index (χ1v) is 8.01. The molecule has 0 spiro atoms. The second-order valence-electron chi connectivity index (χ2n) is 6.14. The number of halogens is 6. The number of fused-ring (bicyclic) bond motifs is 1. The topological polar surface area (TPSA) is 48.2 Å². The maximum Gasteiger partial charge on any atom is 0.416 e. The van der Waals surface area contributed by atoms with Crippen molar-refractivity contribution in [3.05, 3.63) is 53.1 Å². The molecule has 0 atom stereocenters. The third-order valence-corrected chi connectivity index (χ3v) is 4.21. The molecule has 0 fully saturated rings. The molecule has 1 aliphatic heterocycles. The van der Waals surface area contributed by atoms with Crippen molar-refractivity contribution in [3.8, 4) is 28.6 Å². The second kappa shape index (κ2) is 6.25. The van der Waals surface area contributed by atoms with Gasteiger partial charge in [-0.25, -0.2) is 0 Å². The minimum atomic E-state index is -4.96. The summed E-state index contributed by atoms with van der Waals surface area (Å²) in [5, 5.41) is 3.55. The summed E-state index contributed by atoms with van der Waals surface area (Å²) in [5.74, 6) is 0.315. The lowest BCUT2D eigenvalue weighted by Crippen LogP contribution is -2.11. The molecule has 10 heteroatoms. The molecular weight excluding hydrogens is 390 g/mol. The number of rotatable bonds is 2. The summed E-state index contributed by atoms with van der Waals surface area (Å²) in [4.78, 5) is 3.97. The zero-order valence-electron chi connectivity index (χ0n) is 13.9. The van der Waals surface area contributed by atoms with Gasteiger partial charge in [-0.1, -0.05) is 5.16 Å². The first-order chi connectivity index (χ1) is 13.1. The van der Waals surface area contributed by atoms with Gasteiger partial charge in [0.15, 0.2) is 0 Å². The summed E-state index contributed by atoms with van der Waals surface area (Å²) >= 11 is 0. The fraction of sp³-hybridized carbons (Fsp3) is 0.222. The van der Waals surface area contributed by atoms with Crippen LogP contribution in [0.1, 0.15) is 16.7 Å². The zero-order valence-corrected chi connectivity index (χ0v) is 13.9. The van der Waals surface area contributed by atoms with E-state index in [1.807, 2.05) is 0 Å². The minimum Gasteiger partial charge on any atom is -0.493 e. The van der Waals surface area contributed by atoms with Gasteiger partial charge in [0.2, 0.25) is 5.82 Å². The quantitative estimate of drug-likeness (QED) is 0.543. The van der Waals surface area contributed by atoms with Gasteiger partial charge in [0.05, 0.1) is 17.7 Å². The number of nitrogens with zero attached hydrogens (tertiary/aromatic N) is 2. The molecule has 0 amide bonds. The molecule has 4 nitrogen and oxygen atoms in total. The lowest BCUT2D eigenvalue weighted by molar-refractivity contribution is -0.143. The smallest absolute Gasteiger partial charge is 0.416 e. The summed E-state index contributed by atoms with van der Waals surface area (Å²) in [6.07, 6.45) is -9.24. The van der Waals surface area contributed by atoms with E-state index < -0.39 is 29.0 Å². The van der Waals surface area contributed by atoms with Gasteiger partial charge in [-0.3, -0.25) is 0 Å². The average Bonchev–Trinajstić information content (AvgIpc) is 3.28. The van der Waals surface area contributed by atoms with Crippen LogP contribution < -0.4 is 4.74 Å².